The van der Waals surface area contributed by atoms with Crippen molar-refractivity contribution in [1.82, 2.24) is 39.8 Å². The molecule has 3 N–H and O–H groups in total. The lowest BCUT2D eigenvalue weighted by atomic mass is 9.97. The average molecular weight is 575 g/mol. The van der Waals surface area contributed by atoms with E-state index >= 15 is 0 Å². The Morgan fingerprint density at radius 2 is 2.05 bits per heavy atom. The maximum Gasteiger partial charge on any atom is 0.407 e. The highest BCUT2D eigenvalue weighted by molar-refractivity contribution is 5.97. The number of amides is 2. The van der Waals surface area contributed by atoms with Gasteiger partial charge in [0, 0.05) is 49.6 Å². The Kier molecular flexibility index (Phi) is 8.83. The predicted molar refractivity (Wildman–Crippen MR) is 159 cm³/mol. The number of benzene rings is 1. The van der Waals surface area contributed by atoms with Gasteiger partial charge in [-0.15, -0.1) is 0 Å². The van der Waals surface area contributed by atoms with Gasteiger partial charge in [0.2, 0.25) is 0 Å². The highest BCUT2D eigenvalue weighted by Crippen LogP contribution is 2.35. The summed E-state index contributed by atoms with van der Waals surface area (Å²) in [6.45, 7) is 6.38. The van der Waals surface area contributed by atoms with E-state index in [1.165, 1.54) is 11.1 Å². The second-order valence-electron chi connectivity index (χ2n) is 10.8. The molecule has 1 saturated heterocycles. The lowest BCUT2D eigenvalue weighted by Crippen LogP contribution is -2.31. The molecule has 42 heavy (non-hydrogen) atoms. The van der Waals surface area contributed by atoms with Crippen molar-refractivity contribution in [2.75, 3.05) is 40.3 Å². The van der Waals surface area contributed by atoms with Crippen molar-refractivity contribution in [3.8, 4) is 22.6 Å². The molecule has 12 nitrogen and oxygen atoms in total. The van der Waals surface area contributed by atoms with Crippen LogP contribution < -0.4 is 5.32 Å². The summed E-state index contributed by atoms with van der Waals surface area (Å²) in [5.41, 5.74) is 5.53. The minimum Gasteiger partial charge on any atom is -0.465 e. The Morgan fingerprint density at radius 3 is 2.76 bits per heavy atom. The van der Waals surface area contributed by atoms with Gasteiger partial charge < -0.3 is 29.9 Å². The monoisotopic (exact) mass is 574 g/mol. The Balaban J connectivity index is 1.54. The number of pyridine rings is 1. The highest BCUT2D eigenvalue weighted by Gasteiger charge is 2.24. The van der Waals surface area contributed by atoms with Crippen molar-refractivity contribution in [2.24, 2.45) is 0 Å². The second-order valence-corrected chi connectivity index (χ2v) is 10.8. The summed E-state index contributed by atoms with van der Waals surface area (Å²) in [4.78, 5) is 39.9. The van der Waals surface area contributed by atoms with E-state index in [-0.39, 0.29) is 18.7 Å². The standard InChI is InChI=1S/C30H38N8O4/c1-5-37(30(40)41)18-21-15-31-16-23(19(21)2)20-9-10-25-22(14-20)27(35-38(25)26-8-6-7-13-42-26)28-33-17-24(34-28)29(39)32-11-12-36(3)4/h9-10,14-17,26H,5-8,11-13,18H2,1-4H3,(H,32,39)(H,33,34)(H,40,41). The molecule has 1 aromatic carbocycles. The number of imidazole rings is 1. The van der Waals surface area contributed by atoms with Crippen LogP contribution in [-0.4, -0.2) is 92.0 Å². The van der Waals surface area contributed by atoms with Gasteiger partial charge in [0.15, 0.2) is 12.1 Å². The van der Waals surface area contributed by atoms with E-state index in [1.54, 1.807) is 12.4 Å². The summed E-state index contributed by atoms with van der Waals surface area (Å²) in [5, 5.41) is 18.3. The Bertz CT molecular complexity index is 1570. The van der Waals surface area contributed by atoms with E-state index in [9.17, 15) is 14.7 Å². The van der Waals surface area contributed by atoms with E-state index < -0.39 is 6.09 Å². The summed E-state index contributed by atoms with van der Waals surface area (Å²) in [6.07, 6.45) is 6.85. The third-order valence-corrected chi connectivity index (χ3v) is 7.67. The fourth-order valence-electron chi connectivity index (χ4n) is 5.20. The molecular formula is C30H38N8O4. The van der Waals surface area contributed by atoms with Crippen LogP contribution in [0.1, 0.15) is 54.0 Å². The number of hydrogen-bond acceptors (Lipinski definition) is 7. The van der Waals surface area contributed by atoms with Gasteiger partial charge in [0.25, 0.3) is 5.91 Å². The van der Waals surface area contributed by atoms with Gasteiger partial charge in [-0.05, 0) is 76.0 Å². The number of aromatic amines is 1. The number of H-pyrrole nitrogens is 1. The van der Waals surface area contributed by atoms with Crippen LogP contribution in [0.25, 0.3) is 33.5 Å². The maximum absolute atomic E-state index is 12.7. The van der Waals surface area contributed by atoms with Gasteiger partial charge in [-0.3, -0.25) is 9.78 Å². The molecule has 0 radical (unpaired) electrons. The number of carbonyl (C=O) groups excluding carboxylic acids is 1. The molecule has 12 heteroatoms. The minimum atomic E-state index is -0.963. The molecule has 0 saturated carbocycles. The zero-order valence-corrected chi connectivity index (χ0v) is 24.6. The highest BCUT2D eigenvalue weighted by atomic mass is 16.5. The first-order valence-corrected chi connectivity index (χ1v) is 14.3. The Morgan fingerprint density at radius 1 is 1.21 bits per heavy atom. The molecule has 3 aromatic heterocycles. The van der Waals surface area contributed by atoms with E-state index in [0.717, 1.165) is 59.0 Å². The first-order valence-electron chi connectivity index (χ1n) is 14.3. The topological polar surface area (TPSA) is 142 Å². The van der Waals surface area contributed by atoms with Crippen LogP contribution in [0, 0.1) is 6.92 Å². The zero-order chi connectivity index (χ0) is 29.8. The fraction of sp³-hybridized carbons (Fsp3) is 0.433. The third kappa shape index (κ3) is 6.14. The molecular weight excluding hydrogens is 536 g/mol. The summed E-state index contributed by atoms with van der Waals surface area (Å²) < 4.78 is 8.00. The van der Waals surface area contributed by atoms with Crippen LogP contribution in [0.5, 0.6) is 0 Å². The number of rotatable bonds is 10. The molecule has 0 bridgehead atoms. The van der Waals surface area contributed by atoms with Crippen LogP contribution in [0.2, 0.25) is 0 Å². The van der Waals surface area contributed by atoms with Crippen molar-refractivity contribution >= 4 is 22.9 Å². The fourth-order valence-corrected chi connectivity index (χ4v) is 5.20. The lowest BCUT2D eigenvalue weighted by molar-refractivity contribution is -0.0365. The molecule has 0 spiro atoms. The summed E-state index contributed by atoms with van der Waals surface area (Å²) >= 11 is 0. The molecule has 4 heterocycles. The first kappa shape index (κ1) is 29.2. The van der Waals surface area contributed by atoms with Gasteiger partial charge >= 0.3 is 6.09 Å². The second kappa shape index (κ2) is 12.7. The van der Waals surface area contributed by atoms with Gasteiger partial charge in [0.1, 0.15) is 11.4 Å². The Hall–Kier alpha value is -4.29. The number of fused-ring (bicyclic) bond motifs is 1. The van der Waals surface area contributed by atoms with Gasteiger partial charge in [-0.25, -0.2) is 14.5 Å². The summed E-state index contributed by atoms with van der Waals surface area (Å²) in [6, 6.07) is 6.11. The van der Waals surface area contributed by atoms with Crippen LogP contribution >= 0.6 is 0 Å². The van der Waals surface area contributed by atoms with Crippen LogP contribution in [0.3, 0.4) is 0 Å². The van der Waals surface area contributed by atoms with Gasteiger partial charge in [-0.1, -0.05) is 6.07 Å². The van der Waals surface area contributed by atoms with E-state index in [4.69, 9.17) is 9.84 Å². The number of aromatic nitrogens is 5. The predicted octanol–water partition coefficient (Wildman–Crippen LogP) is 4.29. The van der Waals surface area contributed by atoms with Crippen LogP contribution in [-0.2, 0) is 11.3 Å². The number of nitrogens with zero attached hydrogens (tertiary/aromatic N) is 6. The van der Waals surface area contributed by atoms with Crippen LogP contribution in [0.4, 0.5) is 4.79 Å². The number of ether oxygens (including phenoxy) is 1. The molecule has 5 rings (SSSR count). The number of carboxylic acid groups (broad SMARTS) is 1. The molecule has 0 aliphatic carbocycles. The van der Waals surface area contributed by atoms with Crippen LogP contribution in [0.15, 0.2) is 36.8 Å². The lowest BCUT2D eigenvalue weighted by Gasteiger charge is -2.23. The van der Waals surface area contributed by atoms with Crippen molar-refractivity contribution in [3.05, 3.63) is 53.6 Å². The normalized spacial score (nSPS) is 15.3. The number of nitrogens with one attached hydrogen (secondary N) is 2. The molecule has 222 valence electrons. The van der Waals surface area contributed by atoms with E-state index in [1.807, 2.05) is 49.7 Å². The zero-order valence-electron chi connectivity index (χ0n) is 24.6. The molecule has 1 aliphatic rings. The van der Waals surface area contributed by atoms with Crippen molar-refractivity contribution < 1.29 is 19.4 Å². The molecule has 1 fully saturated rings. The SMILES string of the molecule is CCN(Cc1cncc(-c2ccc3c(c2)c(-c2ncc(C(=O)NCCN(C)C)[nH]2)nn3C2CCCCO2)c1C)C(=O)O. The number of likely N-dealkylation sites (N-methyl/N-ethyl adjacent to an activating group) is 1. The average Bonchev–Trinajstić information content (AvgIpc) is 3.62. The largest absolute Gasteiger partial charge is 0.465 e. The van der Waals surface area contributed by atoms with Crippen molar-refractivity contribution in [3.63, 3.8) is 0 Å². The van der Waals surface area contributed by atoms with E-state index in [0.29, 0.717) is 36.9 Å². The molecule has 1 aliphatic heterocycles. The number of hydrogen-bond donors (Lipinski definition) is 3. The molecule has 4 aromatic rings. The van der Waals surface area contributed by atoms with Crippen molar-refractivity contribution in [1.29, 1.82) is 0 Å². The van der Waals surface area contributed by atoms with E-state index in [2.05, 4.69) is 26.3 Å². The first-order chi connectivity index (χ1) is 20.3. The smallest absolute Gasteiger partial charge is 0.407 e. The number of carbonyl (C=O) groups is 2. The summed E-state index contributed by atoms with van der Waals surface area (Å²) in [5.74, 6) is 0.268. The quantitative estimate of drug-likeness (QED) is 0.255. The Labute approximate surface area is 244 Å². The van der Waals surface area contributed by atoms with Crippen molar-refractivity contribution in [2.45, 2.75) is 45.9 Å². The third-order valence-electron chi connectivity index (χ3n) is 7.67. The molecule has 1 unspecified atom stereocenters. The molecule has 2 amide bonds. The van der Waals surface area contributed by atoms with Gasteiger partial charge in [0.05, 0.1) is 18.3 Å². The summed E-state index contributed by atoms with van der Waals surface area (Å²) in [7, 11) is 3.91. The maximum atomic E-state index is 12.7. The van der Waals surface area contributed by atoms with Gasteiger partial charge in [-0.2, -0.15) is 5.10 Å². The minimum absolute atomic E-state index is 0.188. The molecule has 1 atom stereocenters.